The predicted molar refractivity (Wildman–Crippen MR) is 76.4 cm³/mol. The van der Waals surface area contributed by atoms with Gasteiger partial charge in [-0.3, -0.25) is 9.59 Å². The van der Waals surface area contributed by atoms with Crippen LogP contribution in [-0.2, 0) is 14.3 Å². The zero-order valence-electron chi connectivity index (χ0n) is 12.8. The van der Waals surface area contributed by atoms with Crippen LogP contribution in [0.15, 0.2) is 0 Å². The van der Waals surface area contributed by atoms with E-state index in [9.17, 15) is 14.7 Å². The van der Waals surface area contributed by atoms with Gasteiger partial charge in [0, 0.05) is 26.7 Å². The Balaban J connectivity index is 2.45. The van der Waals surface area contributed by atoms with Crippen LogP contribution in [0.3, 0.4) is 0 Å². The molecule has 0 radical (unpaired) electrons. The predicted octanol–water partition coefficient (Wildman–Crippen LogP) is 2.20. The molecule has 0 aliphatic heterocycles. The monoisotopic (exact) mass is 285 g/mol. The number of ether oxygens (including phenoxy) is 1. The third-order valence-electron chi connectivity index (χ3n) is 4.76. The van der Waals surface area contributed by atoms with E-state index in [0.29, 0.717) is 26.0 Å². The Bertz CT molecular complexity index is 346. The number of hydrogen-bond acceptors (Lipinski definition) is 3. The fourth-order valence-corrected chi connectivity index (χ4v) is 2.54. The lowest BCUT2D eigenvalue weighted by Crippen LogP contribution is -2.38. The molecule has 5 heteroatoms. The third kappa shape index (κ3) is 4.20. The number of carboxylic acids is 1. The van der Waals surface area contributed by atoms with Gasteiger partial charge < -0.3 is 15.2 Å². The summed E-state index contributed by atoms with van der Waals surface area (Å²) in [6, 6.07) is 0. The highest BCUT2D eigenvalue weighted by Gasteiger charge is 2.43. The zero-order chi connectivity index (χ0) is 15.2. The van der Waals surface area contributed by atoms with Gasteiger partial charge in [0.05, 0.1) is 5.41 Å². The molecule has 0 saturated heterocycles. The Hall–Kier alpha value is -1.10. The fraction of sp³-hybridized carbons (Fsp3) is 0.867. The quantitative estimate of drug-likeness (QED) is 0.645. The van der Waals surface area contributed by atoms with E-state index in [1.807, 2.05) is 13.8 Å². The summed E-state index contributed by atoms with van der Waals surface area (Å²) < 4.78 is 5.08. The van der Waals surface area contributed by atoms with Gasteiger partial charge in [0.15, 0.2) is 0 Å². The SMILES string of the molecule is CCC(CC)(CC(=O)NCC1(CCOC)CC1)C(=O)O. The van der Waals surface area contributed by atoms with E-state index in [2.05, 4.69) is 5.32 Å². The van der Waals surface area contributed by atoms with Crippen molar-refractivity contribution in [3.63, 3.8) is 0 Å². The summed E-state index contributed by atoms with van der Waals surface area (Å²) in [6.07, 6.45) is 4.19. The molecule has 2 N–H and O–H groups in total. The van der Waals surface area contributed by atoms with E-state index in [4.69, 9.17) is 4.74 Å². The van der Waals surface area contributed by atoms with Gasteiger partial charge in [0.2, 0.25) is 5.91 Å². The van der Waals surface area contributed by atoms with Crippen LogP contribution in [0.4, 0.5) is 0 Å². The number of rotatable bonds is 10. The normalized spacial score (nSPS) is 16.8. The highest BCUT2D eigenvalue weighted by Crippen LogP contribution is 2.48. The lowest BCUT2D eigenvalue weighted by Gasteiger charge is -2.26. The Morgan fingerprint density at radius 2 is 1.90 bits per heavy atom. The summed E-state index contributed by atoms with van der Waals surface area (Å²) in [5.41, 5.74) is -0.733. The Labute approximate surface area is 121 Å². The molecule has 1 saturated carbocycles. The minimum atomic E-state index is -0.923. The van der Waals surface area contributed by atoms with Gasteiger partial charge in [0.25, 0.3) is 0 Å². The lowest BCUT2D eigenvalue weighted by atomic mass is 9.79. The van der Waals surface area contributed by atoms with Crippen LogP contribution < -0.4 is 5.32 Å². The number of carbonyl (C=O) groups is 2. The highest BCUT2D eigenvalue weighted by atomic mass is 16.5. The molecule has 0 bridgehead atoms. The second-order valence-electron chi connectivity index (χ2n) is 5.99. The average molecular weight is 285 g/mol. The number of aliphatic carboxylic acids is 1. The molecule has 0 atom stereocenters. The standard InChI is InChI=1S/C15H27NO4/c1-4-15(5-2,13(18)19)10-12(17)16-11-14(6-7-14)8-9-20-3/h4-11H2,1-3H3,(H,16,17)(H,18,19). The lowest BCUT2D eigenvalue weighted by molar-refractivity contribution is -0.152. The molecule has 1 rings (SSSR count). The number of nitrogens with one attached hydrogen (secondary N) is 1. The van der Waals surface area contributed by atoms with Gasteiger partial charge >= 0.3 is 5.97 Å². The van der Waals surface area contributed by atoms with Gasteiger partial charge in [-0.25, -0.2) is 0 Å². The number of methoxy groups -OCH3 is 1. The summed E-state index contributed by atoms with van der Waals surface area (Å²) in [4.78, 5) is 23.4. The molecule has 20 heavy (non-hydrogen) atoms. The summed E-state index contributed by atoms with van der Waals surface area (Å²) in [5, 5.41) is 12.2. The van der Waals surface area contributed by atoms with Crippen molar-refractivity contribution in [2.75, 3.05) is 20.3 Å². The molecular formula is C15H27NO4. The van der Waals surface area contributed by atoms with Gasteiger partial charge in [-0.05, 0) is 37.5 Å². The Morgan fingerprint density at radius 3 is 2.30 bits per heavy atom. The molecule has 0 spiro atoms. The van der Waals surface area contributed by atoms with Crippen LogP contribution in [0.25, 0.3) is 0 Å². The first kappa shape index (κ1) is 17.0. The van der Waals surface area contributed by atoms with Crippen LogP contribution >= 0.6 is 0 Å². The maximum Gasteiger partial charge on any atom is 0.310 e. The first-order valence-corrected chi connectivity index (χ1v) is 7.42. The van der Waals surface area contributed by atoms with Crippen molar-refractivity contribution in [3.8, 4) is 0 Å². The molecule has 1 aliphatic rings. The molecule has 0 heterocycles. The van der Waals surface area contributed by atoms with Crippen molar-refractivity contribution in [3.05, 3.63) is 0 Å². The van der Waals surface area contributed by atoms with Crippen LogP contribution in [0.5, 0.6) is 0 Å². The minimum absolute atomic E-state index is 0.0652. The zero-order valence-corrected chi connectivity index (χ0v) is 12.8. The molecule has 0 aromatic carbocycles. The van der Waals surface area contributed by atoms with E-state index in [0.717, 1.165) is 19.3 Å². The summed E-state index contributed by atoms with van der Waals surface area (Å²) in [5.74, 6) is -1.03. The van der Waals surface area contributed by atoms with E-state index >= 15 is 0 Å². The van der Waals surface area contributed by atoms with Crippen LogP contribution in [0, 0.1) is 10.8 Å². The number of hydrogen-bond donors (Lipinski definition) is 2. The highest BCUT2D eigenvalue weighted by molar-refractivity contribution is 5.84. The molecule has 5 nitrogen and oxygen atoms in total. The topological polar surface area (TPSA) is 75.6 Å². The number of carboxylic acid groups (broad SMARTS) is 1. The van der Waals surface area contributed by atoms with Gasteiger partial charge in [0.1, 0.15) is 0 Å². The average Bonchev–Trinajstić information content (AvgIpc) is 3.21. The van der Waals surface area contributed by atoms with Gasteiger partial charge in [-0.2, -0.15) is 0 Å². The molecule has 1 aliphatic carbocycles. The number of carbonyl (C=O) groups excluding carboxylic acids is 1. The molecule has 0 unspecified atom stereocenters. The van der Waals surface area contributed by atoms with E-state index < -0.39 is 11.4 Å². The van der Waals surface area contributed by atoms with Crippen LogP contribution in [0.2, 0.25) is 0 Å². The van der Waals surface area contributed by atoms with E-state index in [1.165, 1.54) is 0 Å². The largest absolute Gasteiger partial charge is 0.481 e. The maximum absolute atomic E-state index is 12.0. The molecular weight excluding hydrogens is 258 g/mol. The maximum atomic E-state index is 12.0. The van der Waals surface area contributed by atoms with Crippen molar-refractivity contribution in [1.29, 1.82) is 0 Å². The van der Waals surface area contributed by atoms with E-state index in [1.54, 1.807) is 7.11 Å². The Morgan fingerprint density at radius 1 is 1.30 bits per heavy atom. The molecule has 0 aromatic heterocycles. The summed E-state index contributed by atoms with van der Waals surface area (Å²) in [6.45, 7) is 4.99. The smallest absolute Gasteiger partial charge is 0.310 e. The van der Waals surface area contributed by atoms with Crippen LogP contribution in [0.1, 0.15) is 52.4 Å². The second kappa shape index (κ2) is 7.07. The van der Waals surface area contributed by atoms with Crippen LogP contribution in [-0.4, -0.2) is 37.2 Å². The molecule has 1 fully saturated rings. The first-order valence-electron chi connectivity index (χ1n) is 7.42. The van der Waals surface area contributed by atoms with Crippen molar-refractivity contribution < 1.29 is 19.4 Å². The van der Waals surface area contributed by atoms with Crippen molar-refractivity contribution in [1.82, 2.24) is 5.32 Å². The summed E-state index contributed by atoms with van der Waals surface area (Å²) in [7, 11) is 1.68. The minimum Gasteiger partial charge on any atom is -0.481 e. The molecule has 0 aromatic rings. The summed E-state index contributed by atoms with van der Waals surface area (Å²) >= 11 is 0. The fourth-order valence-electron chi connectivity index (χ4n) is 2.54. The third-order valence-corrected chi connectivity index (χ3v) is 4.76. The second-order valence-corrected chi connectivity index (χ2v) is 5.99. The van der Waals surface area contributed by atoms with Crippen molar-refractivity contribution >= 4 is 11.9 Å². The Kier molecular flexibility index (Phi) is 5.99. The molecule has 116 valence electrons. The van der Waals surface area contributed by atoms with Crippen molar-refractivity contribution in [2.45, 2.75) is 52.4 Å². The number of amides is 1. The van der Waals surface area contributed by atoms with Gasteiger partial charge in [-0.1, -0.05) is 13.8 Å². The van der Waals surface area contributed by atoms with E-state index in [-0.39, 0.29) is 17.7 Å². The van der Waals surface area contributed by atoms with Crippen molar-refractivity contribution in [2.24, 2.45) is 10.8 Å². The van der Waals surface area contributed by atoms with Gasteiger partial charge in [-0.15, -0.1) is 0 Å². The molecule has 1 amide bonds. The first-order chi connectivity index (χ1) is 9.43.